The molecule has 154 valence electrons. The highest BCUT2D eigenvalue weighted by molar-refractivity contribution is 7.92. The summed E-state index contributed by atoms with van der Waals surface area (Å²) in [7, 11) is -3.58. The molecule has 0 radical (unpaired) electrons. The molecule has 4 rings (SSSR count). The molecule has 1 saturated heterocycles. The third-order valence-corrected chi connectivity index (χ3v) is 6.58. The van der Waals surface area contributed by atoms with E-state index in [0.717, 1.165) is 5.56 Å². The second-order valence-corrected chi connectivity index (χ2v) is 8.72. The van der Waals surface area contributed by atoms with E-state index >= 15 is 0 Å². The molecule has 0 spiro atoms. The van der Waals surface area contributed by atoms with Gasteiger partial charge in [-0.1, -0.05) is 48.5 Å². The summed E-state index contributed by atoms with van der Waals surface area (Å²) in [6.45, 7) is 0.863. The fraction of sp³-hybridized carbons (Fsp3) is 0.190. The van der Waals surface area contributed by atoms with Crippen molar-refractivity contribution in [3.8, 4) is 0 Å². The molecule has 2 aromatic carbocycles. The minimum Gasteiger partial charge on any atom is -0.335 e. The van der Waals surface area contributed by atoms with Gasteiger partial charge in [0.25, 0.3) is 11.5 Å². The zero-order valence-corrected chi connectivity index (χ0v) is 16.9. The van der Waals surface area contributed by atoms with Crippen LogP contribution in [0.25, 0.3) is 16.8 Å². The predicted octanol–water partition coefficient (Wildman–Crippen LogP) is 1.68. The molecular formula is C21H20N4O4S. The molecule has 1 aliphatic rings. The summed E-state index contributed by atoms with van der Waals surface area (Å²) < 4.78 is 26.6. The third kappa shape index (κ3) is 4.03. The first-order valence-electron chi connectivity index (χ1n) is 9.46. The first kappa shape index (κ1) is 20.0. The number of fused-ring (bicyclic) bond motifs is 1. The van der Waals surface area contributed by atoms with Crippen LogP contribution in [0.15, 0.2) is 64.8 Å². The van der Waals surface area contributed by atoms with E-state index in [4.69, 9.17) is 0 Å². The van der Waals surface area contributed by atoms with Crippen molar-refractivity contribution in [2.24, 2.45) is 0 Å². The highest BCUT2D eigenvalue weighted by atomic mass is 32.2. The number of sulfonamides is 1. The maximum Gasteiger partial charge on any atom is 0.275 e. The fourth-order valence-electron chi connectivity index (χ4n) is 3.39. The number of rotatable bonds is 4. The average molecular weight is 424 g/mol. The number of aromatic nitrogens is 2. The second-order valence-electron chi connectivity index (χ2n) is 6.90. The van der Waals surface area contributed by atoms with E-state index in [1.807, 2.05) is 30.3 Å². The largest absolute Gasteiger partial charge is 0.335 e. The van der Waals surface area contributed by atoms with Crippen LogP contribution >= 0.6 is 0 Å². The number of nitrogens with zero attached hydrogens (tertiary/aromatic N) is 3. The third-order valence-electron chi connectivity index (χ3n) is 5.02. The number of piperazine rings is 1. The lowest BCUT2D eigenvalue weighted by atomic mass is 10.1. The zero-order chi connectivity index (χ0) is 21.1. The van der Waals surface area contributed by atoms with E-state index in [1.165, 1.54) is 9.71 Å². The van der Waals surface area contributed by atoms with Gasteiger partial charge < -0.3 is 4.90 Å². The van der Waals surface area contributed by atoms with Crippen LogP contribution in [0.5, 0.6) is 0 Å². The van der Waals surface area contributed by atoms with Crippen molar-refractivity contribution < 1.29 is 13.2 Å². The molecule has 1 aliphatic heterocycles. The molecule has 3 aromatic rings. The van der Waals surface area contributed by atoms with Gasteiger partial charge in [0, 0.05) is 37.0 Å². The molecule has 0 atom stereocenters. The van der Waals surface area contributed by atoms with E-state index in [9.17, 15) is 18.0 Å². The van der Waals surface area contributed by atoms with Gasteiger partial charge in [0.15, 0.2) is 5.69 Å². The number of hydrogen-bond donors (Lipinski definition) is 1. The Bertz CT molecular complexity index is 1260. The van der Waals surface area contributed by atoms with E-state index in [1.54, 1.807) is 35.2 Å². The standard InChI is InChI=1S/C21H20N4O4S/c26-20-18-9-5-4-8-17(18)19(22-23-20)21(27)24-11-13-25(14-12-24)30(28,29)15-10-16-6-2-1-3-7-16/h1-10,15H,11-14H2,(H,23,26)/b15-10+. The minimum absolute atomic E-state index is 0.158. The van der Waals surface area contributed by atoms with Crippen molar-refractivity contribution in [3.05, 3.63) is 81.6 Å². The van der Waals surface area contributed by atoms with Crippen molar-refractivity contribution >= 4 is 32.8 Å². The summed E-state index contributed by atoms with van der Waals surface area (Å²) in [4.78, 5) is 26.4. The molecule has 8 nitrogen and oxygen atoms in total. The maximum absolute atomic E-state index is 13.0. The number of benzene rings is 2. The van der Waals surface area contributed by atoms with Gasteiger partial charge in [0.2, 0.25) is 10.0 Å². The molecular weight excluding hydrogens is 404 g/mol. The number of carbonyl (C=O) groups excluding carboxylic acids is 1. The molecule has 1 amide bonds. The lowest BCUT2D eigenvalue weighted by molar-refractivity contribution is 0.0693. The van der Waals surface area contributed by atoms with Crippen LogP contribution in [0, 0.1) is 0 Å². The quantitative estimate of drug-likeness (QED) is 0.686. The molecule has 30 heavy (non-hydrogen) atoms. The Morgan fingerprint density at radius 1 is 0.933 bits per heavy atom. The summed E-state index contributed by atoms with van der Waals surface area (Å²) in [6, 6.07) is 16.0. The normalized spacial score (nSPS) is 15.7. The van der Waals surface area contributed by atoms with Crippen molar-refractivity contribution in [2.75, 3.05) is 26.2 Å². The van der Waals surface area contributed by atoms with Crippen LogP contribution in [0.2, 0.25) is 0 Å². The number of hydrogen-bond acceptors (Lipinski definition) is 5. The average Bonchev–Trinajstić information content (AvgIpc) is 2.79. The first-order chi connectivity index (χ1) is 14.5. The van der Waals surface area contributed by atoms with Gasteiger partial charge in [0.05, 0.1) is 5.39 Å². The Kier molecular flexibility index (Phi) is 5.47. The SMILES string of the molecule is O=C(c1n[nH]c(=O)c2ccccc12)N1CCN(S(=O)(=O)/C=C/c2ccccc2)CC1. The van der Waals surface area contributed by atoms with Crippen molar-refractivity contribution in [3.63, 3.8) is 0 Å². The number of amides is 1. The topological polar surface area (TPSA) is 103 Å². The molecule has 0 saturated carbocycles. The molecule has 0 bridgehead atoms. The molecule has 0 aliphatic carbocycles. The van der Waals surface area contributed by atoms with Gasteiger partial charge in [-0.15, -0.1) is 0 Å². The summed E-state index contributed by atoms with van der Waals surface area (Å²) in [6.07, 6.45) is 1.56. The Hall–Kier alpha value is -3.30. The Morgan fingerprint density at radius 3 is 2.27 bits per heavy atom. The minimum atomic E-state index is -3.58. The van der Waals surface area contributed by atoms with Crippen LogP contribution in [0.4, 0.5) is 0 Å². The number of nitrogens with one attached hydrogen (secondary N) is 1. The van der Waals surface area contributed by atoms with Crippen LogP contribution in [0.3, 0.4) is 0 Å². The van der Waals surface area contributed by atoms with Gasteiger partial charge in [0.1, 0.15) is 0 Å². The van der Waals surface area contributed by atoms with E-state index in [-0.39, 0.29) is 43.3 Å². The predicted molar refractivity (Wildman–Crippen MR) is 114 cm³/mol. The Labute approximate surface area is 173 Å². The van der Waals surface area contributed by atoms with Crippen molar-refractivity contribution in [2.45, 2.75) is 0 Å². The van der Waals surface area contributed by atoms with Gasteiger partial charge >= 0.3 is 0 Å². The highest BCUT2D eigenvalue weighted by Crippen LogP contribution is 2.17. The number of carbonyl (C=O) groups is 1. The van der Waals surface area contributed by atoms with Gasteiger partial charge in [-0.25, -0.2) is 13.5 Å². The molecule has 0 unspecified atom stereocenters. The van der Waals surface area contributed by atoms with Gasteiger partial charge in [-0.05, 0) is 17.7 Å². The highest BCUT2D eigenvalue weighted by Gasteiger charge is 2.29. The number of H-pyrrole nitrogens is 1. The molecule has 9 heteroatoms. The van der Waals surface area contributed by atoms with Crippen LogP contribution < -0.4 is 5.56 Å². The van der Waals surface area contributed by atoms with Crippen LogP contribution in [-0.2, 0) is 10.0 Å². The Balaban J connectivity index is 1.47. The van der Waals surface area contributed by atoms with Crippen molar-refractivity contribution in [1.82, 2.24) is 19.4 Å². The zero-order valence-electron chi connectivity index (χ0n) is 16.1. The molecule has 1 aromatic heterocycles. The van der Waals surface area contributed by atoms with E-state index in [2.05, 4.69) is 10.2 Å². The lowest BCUT2D eigenvalue weighted by Gasteiger charge is -2.33. The summed E-state index contributed by atoms with van der Waals surface area (Å²) in [5.74, 6) is -0.334. The summed E-state index contributed by atoms with van der Waals surface area (Å²) >= 11 is 0. The fourth-order valence-corrected chi connectivity index (χ4v) is 4.56. The smallest absolute Gasteiger partial charge is 0.275 e. The van der Waals surface area contributed by atoms with Crippen molar-refractivity contribution in [1.29, 1.82) is 0 Å². The van der Waals surface area contributed by atoms with Crippen LogP contribution in [-0.4, -0.2) is 59.9 Å². The number of aromatic amines is 1. The molecule has 2 heterocycles. The summed E-state index contributed by atoms with van der Waals surface area (Å²) in [5.41, 5.74) is 0.597. The molecule has 1 N–H and O–H groups in total. The lowest BCUT2D eigenvalue weighted by Crippen LogP contribution is -2.50. The maximum atomic E-state index is 13.0. The van der Waals surface area contributed by atoms with Gasteiger partial charge in [-0.2, -0.15) is 9.40 Å². The summed E-state index contributed by atoms with van der Waals surface area (Å²) in [5, 5.41) is 8.36. The first-order valence-corrected chi connectivity index (χ1v) is 11.0. The second kappa shape index (κ2) is 8.21. The Morgan fingerprint density at radius 2 is 1.57 bits per heavy atom. The van der Waals surface area contributed by atoms with E-state index in [0.29, 0.717) is 10.8 Å². The monoisotopic (exact) mass is 424 g/mol. The molecule has 1 fully saturated rings. The van der Waals surface area contributed by atoms with E-state index < -0.39 is 10.0 Å². The van der Waals surface area contributed by atoms with Crippen LogP contribution in [0.1, 0.15) is 16.1 Å². The van der Waals surface area contributed by atoms with Gasteiger partial charge in [-0.3, -0.25) is 9.59 Å².